The first-order valence-corrected chi connectivity index (χ1v) is 7.36. The van der Waals surface area contributed by atoms with Gasteiger partial charge < -0.3 is 19.5 Å². The summed E-state index contributed by atoms with van der Waals surface area (Å²) in [6.45, 7) is -2.63. The lowest BCUT2D eigenvalue weighted by molar-refractivity contribution is -0.0453. The van der Waals surface area contributed by atoms with Gasteiger partial charge in [0.1, 0.15) is 12.2 Å². The molecule has 2 aliphatic heterocycles. The molecule has 1 aromatic rings. The summed E-state index contributed by atoms with van der Waals surface area (Å²) in [6.07, 6.45) is -2.18. The summed E-state index contributed by atoms with van der Waals surface area (Å²) in [5.74, 6) is -0.849. The van der Waals surface area contributed by atoms with Gasteiger partial charge in [-0.2, -0.15) is 0 Å². The van der Waals surface area contributed by atoms with Crippen LogP contribution in [-0.2, 0) is 11.8 Å². The Morgan fingerprint density at radius 1 is 1.64 bits per heavy atom. The van der Waals surface area contributed by atoms with E-state index < -0.39 is 55.0 Å². The van der Waals surface area contributed by atoms with Crippen LogP contribution in [-0.4, -0.2) is 50.3 Å². The lowest BCUT2D eigenvalue weighted by atomic mass is 9.53. The molecule has 1 N–H and O–H groups in total. The Morgan fingerprint density at radius 3 is 3.41 bits per heavy atom. The highest BCUT2D eigenvalue weighted by Crippen LogP contribution is 2.62. The number of ether oxygens (including phenoxy) is 2. The number of piperidine rings is 1. The third-order valence-electron chi connectivity index (χ3n) is 5.32. The van der Waals surface area contributed by atoms with Crippen molar-refractivity contribution in [1.82, 2.24) is 4.90 Å². The molecule has 2 aliphatic carbocycles. The summed E-state index contributed by atoms with van der Waals surface area (Å²) in [4.78, 5) is 1.11. The molecule has 2 bridgehead atoms. The number of methoxy groups -OCH3 is 1. The average Bonchev–Trinajstić information content (AvgIpc) is 2.93. The molecule has 116 valence electrons. The Morgan fingerprint density at radius 2 is 2.59 bits per heavy atom. The molecule has 0 aromatic heterocycles. The maximum atomic E-state index is 9.30. The second-order valence-electron chi connectivity index (χ2n) is 6.16. The first-order chi connectivity index (χ1) is 14.4. The minimum absolute atomic E-state index is 0.00825. The van der Waals surface area contributed by atoms with Gasteiger partial charge in [-0.05, 0) is 37.9 Å². The molecule has 5 rings (SSSR count). The second-order valence-corrected chi connectivity index (χ2v) is 6.16. The number of nitrogens with zero attached hydrogens (tertiary/aromatic N) is 1. The fourth-order valence-corrected chi connectivity index (χ4v) is 4.41. The van der Waals surface area contributed by atoms with Crippen molar-refractivity contribution in [1.29, 1.82) is 1.43 Å². The van der Waals surface area contributed by atoms with Crippen molar-refractivity contribution in [3.05, 3.63) is 35.4 Å². The first kappa shape index (κ1) is 6.93. The predicted molar refractivity (Wildman–Crippen MR) is 82.5 cm³/mol. The molecule has 2 unspecified atom stereocenters. The molecular formula is C18H21NO3. The number of likely N-dealkylation sites (tertiary alicyclic amines) is 1. The number of aliphatic hydroxyl groups is 1. The molecule has 4 heteroatoms. The minimum Gasteiger partial charge on any atom is -0.493 e. The Kier molecular flexibility index (Phi) is 1.28. The highest BCUT2D eigenvalue weighted by molar-refractivity contribution is 5.62. The van der Waals surface area contributed by atoms with Crippen LogP contribution in [0.2, 0.25) is 0 Å². The van der Waals surface area contributed by atoms with E-state index in [0.717, 1.165) is 4.90 Å². The van der Waals surface area contributed by atoms with Gasteiger partial charge in [0.15, 0.2) is 11.5 Å². The zero-order chi connectivity index (χ0) is 22.7. The van der Waals surface area contributed by atoms with E-state index in [-0.39, 0.29) is 35.6 Å². The monoisotopic (exact) mass is 308 g/mol. The van der Waals surface area contributed by atoms with Gasteiger partial charge >= 0.3 is 0 Å². The predicted octanol–water partition coefficient (Wildman–Crippen LogP) is 1.50. The zero-order valence-electron chi connectivity index (χ0n) is 21.0. The topological polar surface area (TPSA) is 41.9 Å². The summed E-state index contributed by atoms with van der Waals surface area (Å²) in [5, 5.41) is 4.82. The fourth-order valence-electron chi connectivity index (χ4n) is 4.41. The number of likely N-dealkylation sites (N-methyl/N-ethyl adjacent to an activating group) is 1. The fraction of sp³-hybridized carbons (Fsp3) is 0.556. The molecule has 0 radical (unpaired) electrons. The lowest BCUT2D eigenvalue weighted by Gasteiger charge is -2.56. The molecule has 5 atom stereocenters. The van der Waals surface area contributed by atoms with Crippen LogP contribution in [0.4, 0.5) is 0 Å². The molecular weight excluding hydrogens is 278 g/mol. The van der Waals surface area contributed by atoms with Gasteiger partial charge in [-0.25, -0.2) is 0 Å². The maximum absolute atomic E-state index is 9.30. The van der Waals surface area contributed by atoms with Gasteiger partial charge in [-0.3, -0.25) is 0 Å². The van der Waals surface area contributed by atoms with Crippen LogP contribution in [0.25, 0.3) is 0 Å². The van der Waals surface area contributed by atoms with Crippen LogP contribution in [0.3, 0.4) is 0 Å². The molecule has 22 heavy (non-hydrogen) atoms. The van der Waals surface area contributed by atoms with Crippen LogP contribution < -0.4 is 9.47 Å². The average molecular weight is 308 g/mol. The molecule has 1 fully saturated rings. The lowest BCUT2D eigenvalue weighted by Crippen LogP contribution is -2.64. The summed E-state index contributed by atoms with van der Waals surface area (Å²) >= 11 is 0. The van der Waals surface area contributed by atoms with Crippen molar-refractivity contribution in [2.24, 2.45) is 5.92 Å². The van der Waals surface area contributed by atoms with Crippen molar-refractivity contribution >= 4 is 0 Å². The molecule has 4 aliphatic rings. The van der Waals surface area contributed by atoms with Crippen molar-refractivity contribution in [3.8, 4) is 11.5 Å². The van der Waals surface area contributed by atoms with Crippen LogP contribution in [0.5, 0.6) is 11.5 Å². The zero-order valence-corrected chi connectivity index (χ0v) is 12.0. The minimum atomic E-state index is -2.60. The summed E-state index contributed by atoms with van der Waals surface area (Å²) < 4.78 is 87.1. The Bertz CT molecular complexity index is 1010. The Balaban J connectivity index is 1.93. The van der Waals surface area contributed by atoms with Gasteiger partial charge in [0.25, 0.3) is 0 Å². The van der Waals surface area contributed by atoms with E-state index in [9.17, 15) is 1.37 Å². The number of aliphatic hydroxyl groups excluding tert-OH is 1. The standard InChI is InChI=1S/C18H21NO3/c1-19-8-7-18-11-4-5-13(20)17(18)22-16-14(21-2)6-3-10(15(16)18)9-12(11)19/h3-6,11-13,17,20H,7-9H2,1-2H3/t11-,12+,13?,17?,18-/m0/s1/i1D3,3D,6D,9D2,17D,20D. The second kappa shape index (κ2) is 4.06. The summed E-state index contributed by atoms with van der Waals surface area (Å²) in [7, 11) is 1.31. The van der Waals surface area contributed by atoms with Crippen molar-refractivity contribution in [3.63, 3.8) is 0 Å². The largest absolute Gasteiger partial charge is 0.493 e. The normalized spacial score (nSPS) is 53.1. The van der Waals surface area contributed by atoms with Crippen molar-refractivity contribution in [2.45, 2.75) is 36.4 Å². The van der Waals surface area contributed by atoms with Crippen molar-refractivity contribution in [2.75, 3.05) is 20.6 Å². The van der Waals surface area contributed by atoms with E-state index in [4.69, 9.17) is 25.6 Å². The van der Waals surface area contributed by atoms with E-state index in [0.29, 0.717) is 0 Å². The quantitative estimate of drug-likeness (QED) is 0.841. The highest BCUT2D eigenvalue weighted by Gasteiger charge is 2.64. The summed E-state index contributed by atoms with van der Waals surface area (Å²) in [5.41, 5.74) is -1.13. The van der Waals surface area contributed by atoms with Crippen LogP contribution in [0.15, 0.2) is 24.2 Å². The van der Waals surface area contributed by atoms with Crippen molar-refractivity contribution < 1.29 is 25.5 Å². The maximum Gasteiger partial charge on any atom is 0.211 e. The Hall–Kier alpha value is -1.52. The number of benzene rings is 1. The third kappa shape index (κ3) is 1.28. The number of rotatable bonds is 2. The van der Waals surface area contributed by atoms with Crippen LogP contribution in [0, 0.1) is 5.92 Å². The smallest absolute Gasteiger partial charge is 0.211 e. The molecule has 1 aromatic carbocycles. The van der Waals surface area contributed by atoms with E-state index in [1.807, 2.05) is 0 Å². The van der Waals surface area contributed by atoms with Gasteiger partial charge in [-0.1, -0.05) is 18.2 Å². The van der Waals surface area contributed by atoms with Crippen LogP contribution in [0.1, 0.15) is 28.5 Å². The third-order valence-corrected chi connectivity index (χ3v) is 5.32. The molecule has 1 saturated heterocycles. The molecule has 2 heterocycles. The molecule has 4 nitrogen and oxygen atoms in total. The van der Waals surface area contributed by atoms with Gasteiger partial charge in [0.05, 0.1) is 11.2 Å². The van der Waals surface area contributed by atoms with Gasteiger partial charge in [0, 0.05) is 29.8 Å². The van der Waals surface area contributed by atoms with E-state index in [1.165, 1.54) is 13.2 Å². The first-order valence-electron chi connectivity index (χ1n) is 11.8. The highest BCUT2D eigenvalue weighted by atomic mass is 16.5. The molecule has 1 spiro atoms. The van der Waals surface area contributed by atoms with Gasteiger partial charge in [0.2, 0.25) is 1.43 Å². The Labute approximate surface area is 143 Å². The van der Waals surface area contributed by atoms with Gasteiger partial charge in [-0.15, -0.1) is 0 Å². The number of hydrogen-bond acceptors (Lipinski definition) is 4. The molecule has 0 saturated carbocycles. The number of hydrogen-bond donors (Lipinski definition) is 1. The SMILES string of the molecule is [2H]OC1C=C[C@H]2[C@@H]3N(C([2H])([2H])[2H])CC[C@@]24c2c(c(OC)c([2H])c([2H])c2C3([2H])[2H])OC14[2H]. The van der Waals surface area contributed by atoms with E-state index in [2.05, 4.69) is 0 Å². The van der Waals surface area contributed by atoms with Crippen LogP contribution >= 0.6 is 0 Å². The van der Waals surface area contributed by atoms with E-state index in [1.54, 1.807) is 6.08 Å². The molecule has 0 amide bonds. The van der Waals surface area contributed by atoms with E-state index >= 15 is 0 Å². The summed E-state index contributed by atoms with van der Waals surface area (Å²) in [6, 6.07) is -2.03.